The molecule has 0 aliphatic heterocycles. The smallest absolute Gasteiger partial charge is 0.0446 e. The third-order valence-corrected chi connectivity index (χ3v) is 8.09. The highest BCUT2D eigenvalue weighted by Crippen LogP contribution is 2.48. The molecule has 0 N–H and O–H groups in total. The Labute approximate surface area is 246 Å². The van der Waals surface area contributed by atoms with Gasteiger partial charge in [0.2, 0.25) is 0 Å². The Morgan fingerprint density at radius 2 is 1.00 bits per heavy atom. The van der Waals surface area contributed by atoms with Crippen molar-refractivity contribution in [2.45, 2.75) is 11.8 Å². The van der Waals surface area contributed by atoms with Crippen molar-refractivity contribution in [3.8, 4) is 22.3 Å². The molecule has 0 radical (unpaired) electrons. The molecule has 7 rings (SSSR count). The molecular formula is C39H29N3. The molecule has 1 atom stereocenters. The maximum atomic E-state index is 4.57. The fourth-order valence-corrected chi connectivity index (χ4v) is 5.99. The molecule has 0 bridgehead atoms. The maximum absolute atomic E-state index is 4.57. The standard InChI is InChI=1S/C39H29N3/c1-2-15-37(16-3-1)39(38-17-8-20-42-28-38)24-35(31-11-4-9-29(21-31)33-13-6-18-40-26-33)23-36(25-39)32-12-5-10-30(22-32)34-14-7-19-41-27-34/h1-24,26-28H,25H2. The van der Waals surface area contributed by atoms with Crippen molar-refractivity contribution in [3.63, 3.8) is 0 Å². The quantitative estimate of drug-likeness (QED) is 0.212. The van der Waals surface area contributed by atoms with Gasteiger partial charge in [-0.3, -0.25) is 15.0 Å². The first kappa shape index (κ1) is 25.6. The van der Waals surface area contributed by atoms with Crippen LogP contribution in [0.15, 0.2) is 165 Å². The lowest BCUT2D eigenvalue weighted by Crippen LogP contribution is -2.28. The molecule has 3 heterocycles. The zero-order valence-electron chi connectivity index (χ0n) is 23.1. The van der Waals surface area contributed by atoms with Crippen LogP contribution in [0.4, 0.5) is 0 Å². The molecule has 6 aromatic rings. The summed E-state index contributed by atoms with van der Waals surface area (Å²) in [5, 5.41) is 0. The lowest BCUT2D eigenvalue weighted by atomic mass is 9.66. The number of nitrogens with zero attached hydrogens (tertiary/aromatic N) is 3. The lowest BCUT2D eigenvalue weighted by Gasteiger charge is -2.37. The SMILES string of the molecule is C1=C(c2cccc(-c3cccnc3)c2)C=C(c2cccc(-c3cccnc3)c2)CC1(c1ccccc1)c1cccnc1. The molecule has 0 spiro atoms. The molecule has 0 amide bonds. The minimum absolute atomic E-state index is 0.399. The molecule has 3 nitrogen and oxygen atoms in total. The highest BCUT2D eigenvalue weighted by atomic mass is 14.6. The molecule has 0 fully saturated rings. The van der Waals surface area contributed by atoms with E-state index in [2.05, 4.69) is 124 Å². The number of hydrogen-bond acceptors (Lipinski definition) is 3. The Hall–Kier alpha value is -5.41. The second-order valence-corrected chi connectivity index (χ2v) is 10.7. The summed E-state index contributed by atoms with van der Waals surface area (Å²) in [7, 11) is 0. The first-order valence-electron chi connectivity index (χ1n) is 14.2. The number of aromatic nitrogens is 3. The van der Waals surface area contributed by atoms with E-state index in [9.17, 15) is 0 Å². The van der Waals surface area contributed by atoms with Crippen LogP contribution in [0.1, 0.15) is 28.7 Å². The highest BCUT2D eigenvalue weighted by Gasteiger charge is 2.36. The molecule has 1 aliphatic carbocycles. The van der Waals surface area contributed by atoms with E-state index in [1.165, 1.54) is 33.4 Å². The number of rotatable bonds is 6. The van der Waals surface area contributed by atoms with Gasteiger partial charge in [-0.2, -0.15) is 0 Å². The minimum Gasteiger partial charge on any atom is -0.264 e. The Kier molecular flexibility index (Phi) is 6.83. The largest absolute Gasteiger partial charge is 0.264 e. The molecule has 3 aromatic heterocycles. The van der Waals surface area contributed by atoms with Crippen LogP contribution in [-0.4, -0.2) is 15.0 Å². The van der Waals surface area contributed by atoms with Crippen LogP contribution in [-0.2, 0) is 5.41 Å². The Bertz CT molecular complexity index is 1840. The summed E-state index contributed by atoms with van der Waals surface area (Å²) in [6.07, 6.45) is 17.0. The second-order valence-electron chi connectivity index (χ2n) is 10.7. The molecule has 0 saturated carbocycles. The summed E-state index contributed by atoms with van der Waals surface area (Å²) in [5.74, 6) is 0. The highest BCUT2D eigenvalue weighted by molar-refractivity contribution is 5.90. The Morgan fingerprint density at radius 3 is 1.62 bits per heavy atom. The molecule has 3 aromatic carbocycles. The van der Waals surface area contributed by atoms with Crippen molar-refractivity contribution in [1.29, 1.82) is 0 Å². The fourth-order valence-electron chi connectivity index (χ4n) is 5.99. The van der Waals surface area contributed by atoms with Gasteiger partial charge in [0.05, 0.1) is 0 Å². The molecule has 1 unspecified atom stereocenters. The summed E-state index contributed by atoms with van der Waals surface area (Å²) in [6, 6.07) is 40.8. The predicted molar refractivity (Wildman–Crippen MR) is 171 cm³/mol. The van der Waals surface area contributed by atoms with Gasteiger partial charge in [-0.25, -0.2) is 0 Å². The van der Waals surface area contributed by atoms with Gasteiger partial charge in [0.15, 0.2) is 0 Å². The number of hydrogen-bond donors (Lipinski definition) is 0. The first-order valence-corrected chi connectivity index (χ1v) is 14.2. The summed E-state index contributed by atoms with van der Waals surface area (Å²) in [4.78, 5) is 13.3. The van der Waals surface area contributed by atoms with Crippen molar-refractivity contribution in [1.82, 2.24) is 15.0 Å². The van der Waals surface area contributed by atoms with Crippen molar-refractivity contribution in [2.24, 2.45) is 0 Å². The van der Waals surface area contributed by atoms with E-state index in [0.717, 1.165) is 28.7 Å². The van der Waals surface area contributed by atoms with Gasteiger partial charge in [-0.05, 0) is 81.3 Å². The molecular weight excluding hydrogens is 510 g/mol. The normalized spacial score (nSPS) is 16.4. The zero-order chi connectivity index (χ0) is 28.2. The molecule has 200 valence electrons. The maximum Gasteiger partial charge on any atom is 0.0446 e. The second kappa shape index (κ2) is 11.2. The average molecular weight is 540 g/mol. The Balaban J connectivity index is 1.44. The van der Waals surface area contributed by atoms with Gasteiger partial charge >= 0.3 is 0 Å². The van der Waals surface area contributed by atoms with Crippen LogP contribution in [0.2, 0.25) is 0 Å². The summed E-state index contributed by atoms with van der Waals surface area (Å²) in [5.41, 5.74) is 11.4. The van der Waals surface area contributed by atoms with Crippen molar-refractivity contribution in [3.05, 3.63) is 187 Å². The van der Waals surface area contributed by atoms with Crippen LogP contribution in [0, 0.1) is 0 Å². The van der Waals surface area contributed by atoms with E-state index in [1.54, 1.807) is 0 Å². The number of benzene rings is 3. The predicted octanol–water partition coefficient (Wildman–Crippen LogP) is 9.06. The van der Waals surface area contributed by atoms with E-state index in [1.807, 2.05) is 55.4 Å². The van der Waals surface area contributed by atoms with Gasteiger partial charge in [-0.15, -0.1) is 0 Å². The van der Waals surface area contributed by atoms with Crippen LogP contribution in [0.25, 0.3) is 33.4 Å². The van der Waals surface area contributed by atoms with E-state index < -0.39 is 5.41 Å². The third kappa shape index (κ3) is 4.97. The van der Waals surface area contributed by atoms with Crippen LogP contribution < -0.4 is 0 Å². The Morgan fingerprint density at radius 1 is 0.452 bits per heavy atom. The third-order valence-electron chi connectivity index (χ3n) is 8.09. The van der Waals surface area contributed by atoms with Crippen LogP contribution in [0.5, 0.6) is 0 Å². The zero-order valence-corrected chi connectivity index (χ0v) is 23.1. The summed E-state index contributed by atoms with van der Waals surface area (Å²) < 4.78 is 0. The number of allylic oxidation sites excluding steroid dienone is 4. The average Bonchev–Trinajstić information content (AvgIpc) is 3.10. The van der Waals surface area contributed by atoms with Gasteiger partial charge in [-0.1, -0.05) is 97.1 Å². The number of pyridine rings is 3. The first-order chi connectivity index (χ1) is 20.8. The topological polar surface area (TPSA) is 38.7 Å². The summed E-state index contributed by atoms with van der Waals surface area (Å²) in [6.45, 7) is 0. The molecule has 3 heteroatoms. The van der Waals surface area contributed by atoms with Crippen LogP contribution >= 0.6 is 0 Å². The molecule has 1 aliphatic rings. The van der Waals surface area contributed by atoms with Gasteiger partial charge in [0.1, 0.15) is 0 Å². The van der Waals surface area contributed by atoms with Gasteiger partial charge in [0.25, 0.3) is 0 Å². The minimum atomic E-state index is -0.399. The lowest BCUT2D eigenvalue weighted by molar-refractivity contribution is 0.657. The molecule has 0 saturated heterocycles. The van der Waals surface area contributed by atoms with E-state index in [0.29, 0.717) is 0 Å². The van der Waals surface area contributed by atoms with Crippen molar-refractivity contribution < 1.29 is 0 Å². The van der Waals surface area contributed by atoms with E-state index in [4.69, 9.17) is 0 Å². The fraction of sp³-hybridized carbons (Fsp3) is 0.0513. The summed E-state index contributed by atoms with van der Waals surface area (Å²) >= 11 is 0. The van der Waals surface area contributed by atoms with Gasteiger partial charge in [0, 0.05) is 53.7 Å². The van der Waals surface area contributed by atoms with Crippen molar-refractivity contribution >= 4 is 11.1 Å². The monoisotopic (exact) mass is 539 g/mol. The van der Waals surface area contributed by atoms with E-state index >= 15 is 0 Å². The van der Waals surface area contributed by atoms with E-state index in [-0.39, 0.29) is 0 Å². The van der Waals surface area contributed by atoms with Crippen LogP contribution in [0.3, 0.4) is 0 Å². The van der Waals surface area contributed by atoms with Crippen molar-refractivity contribution in [2.75, 3.05) is 0 Å². The molecule has 42 heavy (non-hydrogen) atoms. The van der Waals surface area contributed by atoms with Gasteiger partial charge < -0.3 is 0 Å².